The van der Waals surface area contributed by atoms with Crippen LogP contribution >= 0.6 is 23.4 Å². The Labute approximate surface area is 108 Å². The van der Waals surface area contributed by atoms with Gasteiger partial charge in [0.15, 0.2) is 0 Å². The fourth-order valence-corrected chi connectivity index (χ4v) is 2.01. The van der Waals surface area contributed by atoms with Gasteiger partial charge >= 0.3 is 0 Å². The summed E-state index contributed by atoms with van der Waals surface area (Å²) in [6.45, 7) is 0.806. The van der Waals surface area contributed by atoms with Gasteiger partial charge in [-0.1, -0.05) is 12.8 Å². The second-order valence-electron chi connectivity index (χ2n) is 3.63. The van der Waals surface area contributed by atoms with E-state index in [1.165, 1.54) is 17.7 Å². The largest absolute Gasteiger partial charge is 0.494 e. The highest BCUT2D eigenvalue weighted by Crippen LogP contribution is 2.19. The first-order valence-electron chi connectivity index (χ1n) is 5.69. The first-order valence-corrected chi connectivity index (χ1v) is 7.45. The number of alkyl halides is 1. The third kappa shape index (κ3) is 5.66. The monoisotopic (exact) mass is 258 g/mol. The van der Waals surface area contributed by atoms with E-state index in [2.05, 4.69) is 18.4 Å². The van der Waals surface area contributed by atoms with Crippen LogP contribution in [0.5, 0.6) is 5.75 Å². The second-order valence-corrected chi connectivity index (χ2v) is 4.88. The van der Waals surface area contributed by atoms with Crippen LogP contribution in [0.2, 0.25) is 0 Å². The Morgan fingerprint density at radius 2 is 1.75 bits per heavy atom. The van der Waals surface area contributed by atoms with Crippen molar-refractivity contribution in [3.8, 4) is 5.75 Å². The molecule has 0 unspecified atom stereocenters. The van der Waals surface area contributed by atoms with Gasteiger partial charge in [-0.15, -0.1) is 23.4 Å². The summed E-state index contributed by atoms with van der Waals surface area (Å²) < 4.78 is 5.64. The molecule has 0 fully saturated rings. The van der Waals surface area contributed by atoms with Crippen molar-refractivity contribution in [2.24, 2.45) is 0 Å². The molecule has 0 saturated heterocycles. The van der Waals surface area contributed by atoms with Crippen LogP contribution in [0.15, 0.2) is 29.2 Å². The zero-order chi connectivity index (χ0) is 11.6. The minimum Gasteiger partial charge on any atom is -0.494 e. The lowest BCUT2D eigenvalue weighted by atomic mass is 10.2. The number of hydrogen-bond acceptors (Lipinski definition) is 2. The lowest BCUT2D eigenvalue weighted by Crippen LogP contribution is -1.97. The summed E-state index contributed by atoms with van der Waals surface area (Å²) in [5.74, 6) is 1.74. The fraction of sp³-hybridized carbons (Fsp3) is 0.538. The zero-order valence-electron chi connectivity index (χ0n) is 9.75. The van der Waals surface area contributed by atoms with E-state index in [1.54, 1.807) is 11.8 Å². The number of halogens is 1. The Morgan fingerprint density at radius 1 is 1.06 bits per heavy atom. The number of thioether (sulfide) groups is 1. The molecular weight excluding hydrogens is 240 g/mol. The number of benzene rings is 1. The van der Waals surface area contributed by atoms with Crippen molar-refractivity contribution in [3.05, 3.63) is 24.3 Å². The van der Waals surface area contributed by atoms with Gasteiger partial charge in [-0.2, -0.15) is 0 Å². The van der Waals surface area contributed by atoms with Crippen molar-refractivity contribution < 1.29 is 4.74 Å². The average Bonchev–Trinajstić information content (AvgIpc) is 2.34. The van der Waals surface area contributed by atoms with Crippen LogP contribution in [-0.2, 0) is 0 Å². The van der Waals surface area contributed by atoms with Gasteiger partial charge in [0.1, 0.15) is 5.75 Å². The Hall–Kier alpha value is -0.340. The molecule has 0 atom stereocenters. The smallest absolute Gasteiger partial charge is 0.119 e. The molecule has 1 aromatic rings. The number of rotatable bonds is 8. The first kappa shape index (κ1) is 13.7. The molecule has 1 nitrogen and oxygen atoms in total. The molecule has 0 aliphatic rings. The second kappa shape index (κ2) is 8.77. The molecule has 0 aliphatic heterocycles. The Balaban J connectivity index is 2.12. The number of unbranched alkanes of at least 4 members (excludes halogenated alkanes) is 3. The van der Waals surface area contributed by atoms with Crippen molar-refractivity contribution in [1.82, 2.24) is 0 Å². The summed E-state index contributed by atoms with van der Waals surface area (Å²) in [7, 11) is 0. The fourth-order valence-electron chi connectivity index (χ4n) is 1.41. The van der Waals surface area contributed by atoms with Crippen molar-refractivity contribution in [1.29, 1.82) is 0 Å². The van der Waals surface area contributed by atoms with Crippen LogP contribution < -0.4 is 4.74 Å². The molecule has 0 radical (unpaired) electrons. The van der Waals surface area contributed by atoms with Gasteiger partial charge in [-0.3, -0.25) is 0 Å². The van der Waals surface area contributed by atoms with E-state index in [-0.39, 0.29) is 0 Å². The summed E-state index contributed by atoms with van der Waals surface area (Å²) in [6.07, 6.45) is 6.71. The van der Waals surface area contributed by atoms with Gasteiger partial charge in [0.05, 0.1) is 6.61 Å². The maximum absolute atomic E-state index is 5.64. The zero-order valence-corrected chi connectivity index (χ0v) is 11.3. The van der Waals surface area contributed by atoms with Crippen LogP contribution in [0.1, 0.15) is 25.7 Å². The lowest BCUT2D eigenvalue weighted by Gasteiger charge is -2.06. The van der Waals surface area contributed by atoms with E-state index >= 15 is 0 Å². The predicted molar refractivity (Wildman–Crippen MR) is 72.9 cm³/mol. The molecular formula is C13H19ClOS. The molecule has 0 aromatic heterocycles. The van der Waals surface area contributed by atoms with Crippen LogP contribution in [0.25, 0.3) is 0 Å². The number of ether oxygens (including phenoxy) is 1. The first-order chi connectivity index (χ1) is 7.86. The van der Waals surface area contributed by atoms with Gasteiger partial charge in [0.2, 0.25) is 0 Å². The molecule has 0 amide bonds. The molecule has 90 valence electrons. The molecule has 0 N–H and O–H groups in total. The highest BCUT2D eigenvalue weighted by atomic mass is 35.5. The van der Waals surface area contributed by atoms with E-state index in [9.17, 15) is 0 Å². The minimum atomic E-state index is 0.775. The van der Waals surface area contributed by atoms with Crippen LogP contribution in [-0.4, -0.2) is 18.7 Å². The third-order valence-electron chi connectivity index (χ3n) is 2.36. The molecule has 3 heteroatoms. The molecule has 1 rings (SSSR count). The maximum Gasteiger partial charge on any atom is 0.119 e. The molecule has 1 aromatic carbocycles. The summed E-state index contributed by atoms with van der Waals surface area (Å²) in [5.41, 5.74) is 0. The molecule has 0 aliphatic carbocycles. The maximum atomic E-state index is 5.64. The Bertz CT molecular complexity index is 274. The summed E-state index contributed by atoms with van der Waals surface area (Å²) >= 11 is 7.35. The van der Waals surface area contributed by atoms with Crippen molar-refractivity contribution in [2.75, 3.05) is 18.7 Å². The van der Waals surface area contributed by atoms with E-state index in [0.717, 1.165) is 31.1 Å². The molecule has 0 bridgehead atoms. The lowest BCUT2D eigenvalue weighted by molar-refractivity contribution is 0.305. The SMILES string of the molecule is CSc1ccc(OCCCCCCCl)cc1. The molecule has 0 saturated carbocycles. The van der Waals surface area contributed by atoms with Gasteiger partial charge < -0.3 is 4.74 Å². The van der Waals surface area contributed by atoms with Gasteiger partial charge in [-0.05, 0) is 43.4 Å². The van der Waals surface area contributed by atoms with Crippen molar-refractivity contribution in [2.45, 2.75) is 30.6 Å². The van der Waals surface area contributed by atoms with E-state index in [4.69, 9.17) is 16.3 Å². The topological polar surface area (TPSA) is 9.23 Å². The van der Waals surface area contributed by atoms with Gasteiger partial charge in [0, 0.05) is 10.8 Å². The standard InChI is InChI=1S/C13H19ClOS/c1-16-13-8-6-12(7-9-13)15-11-5-3-2-4-10-14/h6-9H,2-5,10-11H2,1H3. The van der Waals surface area contributed by atoms with E-state index in [0.29, 0.717) is 0 Å². The van der Waals surface area contributed by atoms with Crippen LogP contribution in [0.4, 0.5) is 0 Å². The average molecular weight is 259 g/mol. The van der Waals surface area contributed by atoms with Gasteiger partial charge in [0.25, 0.3) is 0 Å². The molecule has 0 heterocycles. The van der Waals surface area contributed by atoms with Crippen LogP contribution in [0.3, 0.4) is 0 Å². The van der Waals surface area contributed by atoms with Gasteiger partial charge in [-0.25, -0.2) is 0 Å². The quantitative estimate of drug-likeness (QED) is 0.383. The highest BCUT2D eigenvalue weighted by molar-refractivity contribution is 7.98. The van der Waals surface area contributed by atoms with Crippen LogP contribution in [0, 0.1) is 0 Å². The summed E-state index contributed by atoms with van der Waals surface area (Å²) in [4.78, 5) is 1.27. The normalized spacial score (nSPS) is 10.4. The minimum absolute atomic E-state index is 0.775. The highest BCUT2D eigenvalue weighted by Gasteiger charge is 1.95. The summed E-state index contributed by atoms with van der Waals surface area (Å²) in [6, 6.07) is 8.25. The third-order valence-corrected chi connectivity index (χ3v) is 3.37. The summed E-state index contributed by atoms with van der Waals surface area (Å²) in [5, 5.41) is 0. The predicted octanol–water partition coefficient (Wildman–Crippen LogP) is 4.59. The number of hydrogen-bond donors (Lipinski definition) is 0. The van der Waals surface area contributed by atoms with E-state index < -0.39 is 0 Å². The van der Waals surface area contributed by atoms with Crippen molar-refractivity contribution >= 4 is 23.4 Å². The molecule has 0 spiro atoms. The Kier molecular flexibility index (Phi) is 7.52. The molecule has 16 heavy (non-hydrogen) atoms. The van der Waals surface area contributed by atoms with E-state index in [1.807, 2.05) is 12.1 Å². The Morgan fingerprint density at radius 3 is 2.38 bits per heavy atom. The van der Waals surface area contributed by atoms with Crippen molar-refractivity contribution in [3.63, 3.8) is 0 Å².